The van der Waals surface area contributed by atoms with E-state index >= 15 is 0 Å². The van der Waals surface area contributed by atoms with Crippen molar-refractivity contribution in [3.63, 3.8) is 0 Å². The van der Waals surface area contributed by atoms with Crippen molar-refractivity contribution in [3.8, 4) is 0 Å². The summed E-state index contributed by atoms with van der Waals surface area (Å²) in [4.78, 5) is 27.6. The van der Waals surface area contributed by atoms with Gasteiger partial charge < -0.3 is 20.6 Å². The molecule has 21 heavy (non-hydrogen) atoms. The minimum atomic E-state index is -0.913. The summed E-state index contributed by atoms with van der Waals surface area (Å²) in [6.45, 7) is 3.41. The first kappa shape index (κ1) is 16.7. The van der Waals surface area contributed by atoms with Crippen LogP contribution in [-0.4, -0.2) is 53.7 Å². The van der Waals surface area contributed by atoms with Gasteiger partial charge in [-0.3, -0.25) is 4.79 Å². The molecule has 3 N–H and O–H groups in total. The van der Waals surface area contributed by atoms with Crippen LogP contribution in [0.5, 0.6) is 0 Å². The topological polar surface area (TPSA) is 94.6 Å². The number of hydrogen-bond acceptors (Lipinski definition) is 4. The number of aryl methyl sites for hydroxylation is 1. The Morgan fingerprint density at radius 2 is 2.10 bits per heavy atom. The number of rotatable bonds is 8. The molecule has 0 fully saturated rings. The largest absolute Gasteiger partial charge is 0.481 e. The summed E-state index contributed by atoms with van der Waals surface area (Å²) in [6.07, 6.45) is 2.50. The zero-order valence-corrected chi connectivity index (χ0v) is 12.4. The SMILES string of the molecule is Cc1ccc(NCCCNC(=O)N(C)CCC(=O)O)nc1. The summed E-state index contributed by atoms with van der Waals surface area (Å²) in [5, 5.41) is 14.4. The highest BCUT2D eigenvalue weighted by Gasteiger charge is 2.08. The van der Waals surface area contributed by atoms with Crippen LogP contribution in [0, 0.1) is 6.92 Å². The number of urea groups is 1. The van der Waals surface area contributed by atoms with E-state index in [1.54, 1.807) is 13.2 Å². The Labute approximate surface area is 124 Å². The van der Waals surface area contributed by atoms with Crippen molar-refractivity contribution >= 4 is 17.8 Å². The molecular weight excluding hydrogens is 272 g/mol. The predicted molar refractivity (Wildman–Crippen MR) is 80.4 cm³/mol. The third-order valence-electron chi connectivity index (χ3n) is 2.86. The number of anilines is 1. The van der Waals surface area contributed by atoms with Crippen LogP contribution in [0.25, 0.3) is 0 Å². The van der Waals surface area contributed by atoms with Crippen LogP contribution in [0.4, 0.5) is 10.6 Å². The van der Waals surface area contributed by atoms with Gasteiger partial charge >= 0.3 is 12.0 Å². The van der Waals surface area contributed by atoms with Gasteiger partial charge in [-0.05, 0) is 25.0 Å². The Morgan fingerprint density at radius 3 is 2.71 bits per heavy atom. The first-order valence-electron chi connectivity index (χ1n) is 6.86. The summed E-state index contributed by atoms with van der Waals surface area (Å²) in [7, 11) is 1.58. The number of carboxylic acids is 1. The number of amides is 2. The summed E-state index contributed by atoms with van der Waals surface area (Å²) in [5.41, 5.74) is 1.11. The highest BCUT2D eigenvalue weighted by atomic mass is 16.4. The maximum atomic E-state index is 11.6. The first-order chi connectivity index (χ1) is 9.99. The van der Waals surface area contributed by atoms with E-state index < -0.39 is 5.97 Å². The lowest BCUT2D eigenvalue weighted by molar-refractivity contribution is -0.137. The summed E-state index contributed by atoms with van der Waals surface area (Å²) < 4.78 is 0. The molecule has 0 unspecified atom stereocenters. The van der Waals surface area contributed by atoms with Gasteiger partial charge in [-0.1, -0.05) is 6.07 Å². The Kier molecular flexibility index (Phi) is 7.00. The number of nitrogens with zero attached hydrogens (tertiary/aromatic N) is 2. The molecule has 1 rings (SSSR count). The van der Waals surface area contributed by atoms with Crippen molar-refractivity contribution in [1.29, 1.82) is 0 Å². The molecule has 0 atom stereocenters. The van der Waals surface area contributed by atoms with Crippen molar-refractivity contribution in [2.75, 3.05) is 32.0 Å². The minimum absolute atomic E-state index is 0.0510. The quantitative estimate of drug-likeness (QED) is 0.628. The second-order valence-electron chi connectivity index (χ2n) is 4.80. The van der Waals surface area contributed by atoms with E-state index in [0.29, 0.717) is 13.1 Å². The number of pyridine rings is 1. The van der Waals surface area contributed by atoms with Crippen molar-refractivity contribution in [2.45, 2.75) is 19.8 Å². The van der Waals surface area contributed by atoms with E-state index in [4.69, 9.17) is 5.11 Å². The maximum absolute atomic E-state index is 11.6. The molecule has 7 nitrogen and oxygen atoms in total. The van der Waals surface area contributed by atoms with Gasteiger partial charge in [0.25, 0.3) is 0 Å². The summed E-state index contributed by atoms with van der Waals surface area (Å²) in [6, 6.07) is 3.63. The van der Waals surface area contributed by atoms with E-state index in [2.05, 4.69) is 15.6 Å². The highest BCUT2D eigenvalue weighted by molar-refractivity contribution is 5.74. The second kappa shape index (κ2) is 8.78. The van der Waals surface area contributed by atoms with E-state index in [0.717, 1.165) is 17.8 Å². The fourth-order valence-corrected chi connectivity index (χ4v) is 1.57. The molecular formula is C14H22N4O3. The summed E-state index contributed by atoms with van der Waals surface area (Å²) >= 11 is 0. The number of carbonyl (C=O) groups excluding carboxylic acids is 1. The van der Waals surface area contributed by atoms with Gasteiger partial charge in [0.15, 0.2) is 0 Å². The number of hydrogen-bond donors (Lipinski definition) is 3. The van der Waals surface area contributed by atoms with E-state index in [1.165, 1.54) is 4.90 Å². The summed E-state index contributed by atoms with van der Waals surface area (Å²) in [5.74, 6) is -0.102. The molecule has 0 saturated heterocycles. The Hall–Kier alpha value is -2.31. The van der Waals surface area contributed by atoms with Crippen LogP contribution < -0.4 is 10.6 Å². The van der Waals surface area contributed by atoms with Crippen LogP contribution in [0.3, 0.4) is 0 Å². The van der Waals surface area contributed by atoms with E-state index in [1.807, 2.05) is 19.1 Å². The molecule has 0 spiro atoms. The number of nitrogens with one attached hydrogen (secondary N) is 2. The molecule has 7 heteroatoms. The highest BCUT2D eigenvalue weighted by Crippen LogP contribution is 2.03. The zero-order valence-electron chi connectivity index (χ0n) is 12.4. The monoisotopic (exact) mass is 294 g/mol. The average Bonchev–Trinajstić information content (AvgIpc) is 2.46. The molecule has 0 saturated carbocycles. The van der Waals surface area contributed by atoms with Crippen LogP contribution in [0.2, 0.25) is 0 Å². The fraction of sp³-hybridized carbons (Fsp3) is 0.500. The average molecular weight is 294 g/mol. The van der Waals surface area contributed by atoms with E-state index in [-0.39, 0.29) is 19.0 Å². The number of carboxylic acid groups (broad SMARTS) is 1. The Morgan fingerprint density at radius 1 is 1.33 bits per heavy atom. The second-order valence-corrected chi connectivity index (χ2v) is 4.80. The van der Waals surface area contributed by atoms with Crippen LogP contribution >= 0.6 is 0 Å². The standard InChI is InChI=1S/C14H22N4O3/c1-11-4-5-12(17-10-11)15-7-3-8-16-14(21)18(2)9-6-13(19)20/h4-5,10H,3,6-9H2,1-2H3,(H,15,17)(H,16,21)(H,19,20). The van der Waals surface area contributed by atoms with Gasteiger partial charge in [-0.15, -0.1) is 0 Å². The zero-order chi connectivity index (χ0) is 15.7. The lowest BCUT2D eigenvalue weighted by Gasteiger charge is -2.16. The Bertz CT molecular complexity index is 462. The van der Waals surface area contributed by atoms with Crippen molar-refractivity contribution in [1.82, 2.24) is 15.2 Å². The third kappa shape index (κ3) is 7.14. The van der Waals surface area contributed by atoms with Crippen LogP contribution in [-0.2, 0) is 4.79 Å². The van der Waals surface area contributed by atoms with Gasteiger partial charge in [-0.2, -0.15) is 0 Å². The number of aromatic nitrogens is 1. The van der Waals surface area contributed by atoms with E-state index in [9.17, 15) is 9.59 Å². The molecule has 0 bridgehead atoms. The van der Waals surface area contributed by atoms with Crippen LogP contribution in [0.1, 0.15) is 18.4 Å². The number of aliphatic carboxylic acids is 1. The molecule has 1 heterocycles. The normalized spacial score (nSPS) is 10.0. The lowest BCUT2D eigenvalue weighted by atomic mass is 10.3. The smallest absolute Gasteiger partial charge is 0.317 e. The Balaban J connectivity index is 2.11. The molecule has 0 radical (unpaired) electrons. The molecule has 0 aliphatic rings. The van der Waals surface area contributed by atoms with Crippen molar-refractivity contribution in [2.24, 2.45) is 0 Å². The van der Waals surface area contributed by atoms with Gasteiger partial charge in [0.2, 0.25) is 0 Å². The number of carbonyl (C=O) groups is 2. The van der Waals surface area contributed by atoms with Gasteiger partial charge in [0.1, 0.15) is 5.82 Å². The lowest BCUT2D eigenvalue weighted by Crippen LogP contribution is -2.39. The molecule has 1 aromatic heterocycles. The molecule has 2 amide bonds. The van der Waals surface area contributed by atoms with Crippen molar-refractivity contribution in [3.05, 3.63) is 23.9 Å². The van der Waals surface area contributed by atoms with Gasteiger partial charge in [0.05, 0.1) is 6.42 Å². The minimum Gasteiger partial charge on any atom is -0.481 e. The predicted octanol–water partition coefficient (Wildman–Crippen LogP) is 1.31. The van der Waals surface area contributed by atoms with Crippen LogP contribution in [0.15, 0.2) is 18.3 Å². The van der Waals surface area contributed by atoms with Gasteiger partial charge in [0, 0.05) is 32.9 Å². The van der Waals surface area contributed by atoms with Crippen molar-refractivity contribution < 1.29 is 14.7 Å². The first-order valence-corrected chi connectivity index (χ1v) is 6.86. The van der Waals surface area contributed by atoms with Gasteiger partial charge in [-0.25, -0.2) is 9.78 Å². The molecule has 0 aliphatic heterocycles. The molecule has 0 aliphatic carbocycles. The molecule has 1 aromatic rings. The third-order valence-corrected chi connectivity index (χ3v) is 2.86. The maximum Gasteiger partial charge on any atom is 0.317 e. The molecule has 0 aromatic carbocycles. The fourth-order valence-electron chi connectivity index (χ4n) is 1.57. The molecule has 116 valence electrons.